The molecule has 3 rings (SSSR count). The topological polar surface area (TPSA) is 98.8 Å². The van der Waals surface area contributed by atoms with E-state index in [9.17, 15) is 9.59 Å². The predicted octanol–water partition coefficient (Wildman–Crippen LogP) is 2.43. The molecular formula is C22H26ClN3O5. The maximum atomic E-state index is 12.5. The van der Waals surface area contributed by atoms with Crippen LogP contribution in [0.4, 0.5) is 0 Å². The van der Waals surface area contributed by atoms with Gasteiger partial charge in [-0.15, -0.1) is 0 Å². The highest BCUT2D eigenvalue weighted by molar-refractivity contribution is 6.33. The van der Waals surface area contributed by atoms with Crippen molar-refractivity contribution in [2.45, 2.75) is 31.8 Å². The number of benzene rings is 1. The van der Waals surface area contributed by atoms with Crippen molar-refractivity contribution in [1.29, 1.82) is 0 Å². The van der Waals surface area contributed by atoms with Crippen molar-refractivity contribution in [2.24, 2.45) is 0 Å². The molecule has 2 amide bonds. The highest BCUT2D eigenvalue weighted by Crippen LogP contribution is 2.20. The summed E-state index contributed by atoms with van der Waals surface area (Å²) in [4.78, 5) is 28.9. The van der Waals surface area contributed by atoms with Gasteiger partial charge in [0.1, 0.15) is 12.2 Å². The summed E-state index contributed by atoms with van der Waals surface area (Å²) >= 11 is 6.05. The zero-order valence-electron chi connectivity index (χ0n) is 17.5. The van der Waals surface area contributed by atoms with Crippen LogP contribution in [0, 0.1) is 0 Å². The van der Waals surface area contributed by atoms with E-state index in [0.717, 1.165) is 0 Å². The first-order valence-corrected chi connectivity index (χ1v) is 10.4. The number of hydrogen-bond donors (Lipinski definition) is 2. The molecule has 1 aliphatic heterocycles. The van der Waals surface area contributed by atoms with Gasteiger partial charge in [-0.25, -0.2) is 0 Å². The van der Waals surface area contributed by atoms with Crippen LogP contribution in [-0.2, 0) is 14.2 Å². The van der Waals surface area contributed by atoms with Gasteiger partial charge in [-0.2, -0.15) is 0 Å². The van der Waals surface area contributed by atoms with Crippen LogP contribution in [0.2, 0.25) is 5.02 Å². The van der Waals surface area contributed by atoms with Gasteiger partial charge in [0.05, 0.1) is 23.8 Å². The first kappa shape index (κ1) is 23.1. The van der Waals surface area contributed by atoms with E-state index in [1.54, 1.807) is 44.2 Å². The molecule has 2 N–H and O–H groups in total. The van der Waals surface area contributed by atoms with Crippen molar-refractivity contribution in [3.05, 3.63) is 64.9 Å². The summed E-state index contributed by atoms with van der Waals surface area (Å²) in [5, 5.41) is 5.96. The van der Waals surface area contributed by atoms with E-state index in [1.165, 1.54) is 12.4 Å². The van der Waals surface area contributed by atoms with E-state index < -0.39 is 18.0 Å². The standard InChI is InChI=1S/C22H26ClN3O5/c1-22(2)30-11-10-29-18(13-26-21(28)16-8-9-24-12-17(16)23)19(31-22)14-25-20(27)15-6-4-3-5-7-15/h3-9,12,18-19H,10-11,13-14H2,1-2H3,(H,25,27)(H,26,28)/t18-,19+/m1/s1. The van der Waals surface area contributed by atoms with Crippen LogP contribution in [0.15, 0.2) is 48.8 Å². The fourth-order valence-electron chi connectivity index (χ4n) is 3.16. The van der Waals surface area contributed by atoms with E-state index in [1.807, 2.05) is 6.07 Å². The first-order chi connectivity index (χ1) is 14.9. The van der Waals surface area contributed by atoms with Crippen molar-refractivity contribution < 1.29 is 23.8 Å². The number of ether oxygens (including phenoxy) is 3. The summed E-state index contributed by atoms with van der Waals surface area (Å²) in [6.07, 6.45) is 1.84. The third-order valence-corrected chi connectivity index (χ3v) is 5.00. The molecule has 8 nitrogen and oxygen atoms in total. The molecule has 0 bridgehead atoms. The fraction of sp³-hybridized carbons (Fsp3) is 0.409. The van der Waals surface area contributed by atoms with Crippen molar-refractivity contribution in [1.82, 2.24) is 15.6 Å². The van der Waals surface area contributed by atoms with Crippen LogP contribution in [-0.4, -0.2) is 61.1 Å². The van der Waals surface area contributed by atoms with Gasteiger partial charge in [0.25, 0.3) is 11.8 Å². The zero-order chi connectivity index (χ0) is 22.3. The van der Waals surface area contributed by atoms with Crippen LogP contribution >= 0.6 is 11.6 Å². The first-order valence-electron chi connectivity index (χ1n) is 10.00. The lowest BCUT2D eigenvalue weighted by Crippen LogP contribution is -2.52. The minimum Gasteiger partial charge on any atom is -0.371 e. The predicted molar refractivity (Wildman–Crippen MR) is 115 cm³/mol. The summed E-state index contributed by atoms with van der Waals surface area (Å²) in [6.45, 7) is 4.62. The summed E-state index contributed by atoms with van der Waals surface area (Å²) in [5.41, 5.74) is 0.864. The highest BCUT2D eigenvalue weighted by atomic mass is 35.5. The van der Waals surface area contributed by atoms with Gasteiger partial charge in [-0.05, 0) is 32.0 Å². The third-order valence-electron chi connectivity index (χ3n) is 4.70. The summed E-state index contributed by atoms with van der Waals surface area (Å²) in [7, 11) is 0. The number of halogens is 1. The Kier molecular flexibility index (Phi) is 7.97. The molecule has 0 unspecified atom stereocenters. The molecule has 0 saturated carbocycles. The molecule has 1 saturated heterocycles. The molecule has 166 valence electrons. The second-order valence-corrected chi connectivity index (χ2v) is 7.86. The minimum absolute atomic E-state index is 0.166. The Morgan fingerprint density at radius 1 is 1.06 bits per heavy atom. The van der Waals surface area contributed by atoms with Crippen molar-refractivity contribution >= 4 is 23.4 Å². The molecule has 0 aliphatic carbocycles. The Labute approximate surface area is 186 Å². The number of amides is 2. The number of rotatable bonds is 6. The van der Waals surface area contributed by atoms with Gasteiger partial charge in [0, 0.05) is 31.0 Å². The SMILES string of the molecule is CC1(C)OCCO[C@H](CNC(=O)c2ccncc2Cl)[C@H](CNC(=O)c2ccccc2)O1. The normalized spacial score (nSPS) is 20.9. The highest BCUT2D eigenvalue weighted by Gasteiger charge is 2.33. The van der Waals surface area contributed by atoms with Crippen molar-refractivity contribution in [3.63, 3.8) is 0 Å². The Morgan fingerprint density at radius 3 is 2.52 bits per heavy atom. The molecule has 31 heavy (non-hydrogen) atoms. The number of nitrogens with zero attached hydrogens (tertiary/aromatic N) is 1. The van der Waals surface area contributed by atoms with Crippen molar-refractivity contribution in [3.8, 4) is 0 Å². The zero-order valence-corrected chi connectivity index (χ0v) is 18.2. The van der Waals surface area contributed by atoms with Crippen LogP contribution in [0.3, 0.4) is 0 Å². The molecule has 1 aliphatic rings. The summed E-state index contributed by atoms with van der Waals surface area (Å²) in [6, 6.07) is 10.4. The van der Waals surface area contributed by atoms with E-state index in [-0.39, 0.29) is 29.9 Å². The van der Waals surface area contributed by atoms with Gasteiger partial charge in [-0.1, -0.05) is 29.8 Å². The number of carbonyl (C=O) groups is 2. The van der Waals surface area contributed by atoms with E-state index in [4.69, 9.17) is 25.8 Å². The molecule has 1 fully saturated rings. The van der Waals surface area contributed by atoms with E-state index in [2.05, 4.69) is 15.6 Å². The maximum absolute atomic E-state index is 12.5. The molecule has 2 aromatic rings. The molecule has 9 heteroatoms. The summed E-state index contributed by atoms with van der Waals surface area (Å²) in [5.74, 6) is -1.44. The Morgan fingerprint density at radius 2 is 1.77 bits per heavy atom. The van der Waals surface area contributed by atoms with Gasteiger partial charge in [0.2, 0.25) is 0 Å². The summed E-state index contributed by atoms with van der Waals surface area (Å²) < 4.78 is 17.7. The minimum atomic E-state index is -0.872. The Bertz CT molecular complexity index is 894. The number of aromatic nitrogens is 1. The van der Waals surface area contributed by atoms with Crippen LogP contribution in [0.5, 0.6) is 0 Å². The van der Waals surface area contributed by atoms with Crippen LogP contribution < -0.4 is 10.6 Å². The van der Waals surface area contributed by atoms with Crippen molar-refractivity contribution in [2.75, 3.05) is 26.3 Å². The number of nitrogens with one attached hydrogen (secondary N) is 2. The smallest absolute Gasteiger partial charge is 0.253 e. The molecule has 1 aromatic carbocycles. The van der Waals surface area contributed by atoms with E-state index >= 15 is 0 Å². The molecule has 2 atom stereocenters. The molecule has 0 radical (unpaired) electrons. The lowest BCUT2D eigenvalue weighted by Gasteiger charge is -2.37. The third kappa shape index (κ3) is 6.73. The monoisotopic (exact) mass is 447 g/mol. The maximum Gasteiger partial charge on any atom is 0.253 e. The number of carbonyl (C=O) groups excluding carboxylic acids is 2. The Balaban J connectivity index is 1.67. The Hall–Kier alpha value is -2.52. The molecule has 0 spiro atoms. The molecule has 1 aromatic heterocycles. The average molecular weight is 448 g/mol. The lowest BCUT2D eigenvalue weighted by molar-refractivity contribution is -0.277. The molecule has 2 heterocycles. The largest absolute Gasteiger partial charge is 0.371 e. The van der Waals surface area contributed by atoms with Gasteiger partial charge in [-0.3, -0.25) is 14.6 Å². The van der Waals surface area contributed by atoms with Gasteiger partial charge < -0.3 is 24.8 Å². The number of hydrogen-bond acceptors (Lipinski definition) is 6. The number of pyridine rings is 1. The van der Waals surface area contributed by atoms with Gasteiger partial charge >= 0.3 is 0 Å². The van der Waals surface area contributed by atoms with Crippen LogP contribution in [0.25, 0.3) is 0 Å². The van der Waals surface area contributed by atoms with Crippen LogP contribution in [0.1, 0.15) is 34.6 Å². The quantitative estimate of drug-likeness (QED) is 0.705. The molecular weight excluding hydrogens is 422 g/mol. The fourth-order valence-corrected chi connectivity index (χ4v) is 3.37. The lowest BCUT2D eigenvalue weighted by atomic mass is 10.1. The average Bonchev–Trinajstić information content (AvgIpc) is 2.75. The van der Waals surface area contributed by atoms with E-state index in [0.29, 0.717) is 24.3 Å². The second kappa shape index (κ2) is 10.7. The second-order valence-electron chi connectivity index (χ2n) is 7.46. The van der Waals surface area contributed by atoms with Gasteiger partial charge in [0.15, 0.2) is 5.79 Å².